The van der Waals surface area contributed by atoms with Gasteiger partial charge in [0.1, 0.15) is 0 Å². The number of nitrogens with one attached hydrogen (secondary N) is 2. The summed E-state index contributed by atoms with van der Waals surface area (Å²) in [6.07, 6.45) is 13.6. The summed E-state index contributed by atoms with van der Waals surface area (Å²) in [5.74, 6) is 1.71. The number of aryl methyl sites for hydroxylation is 1. The lowest BCUT2D eigenvalue weighted by molar-refractivity contribution is 0.0928. The van der Waals surface area contributed by atoms with Crippen molar-refractivity contribution in [2.75, 3.05) is 20.8 Å². The van der Waals surface area contributed by atoms with E-state index in [2.05, 4.69) is 10.3 Å². The summed E-state index contributed by atoms with van der Waals surface area (Å²) in [6, 6.07) is 7.83. The molecule has 1 heterocycles. The topological polar surface area (TPSA) is 80.4 Å². The van der Waals surface area contributed by atoms with E-state index >= 15 is 0 Å². The third-order valence-electron chi connectivity index (χ3n) is 7.66. The molecule has 4 rings (SSSR count). The largest absolute Gasteiger partial charge is 0.493 e. The van der Waals surface area contributed by atoms with Crippen LogP contribution in [0.25, 0.3) is 0 Å². The maximum atomic E-state index is 12.8. The third kappa shape index (κ3) is 6.35. The molecule has 1 aromatic heterocycles. The van der Waals surface area contributed by atoms with Gasteiger partial charge in [0, 0.05) is 29.3 Å². The number of unbranched alkanes of at least 4 members (excludes halogenated alkanes) is 6. The number of H-pyrrole nitrogens is 1. The van der Waals surface area contributed by atoms with Gasteiger partial charge in [-0.05, 0) is 68.3 Å². The molecule has 0 radical (unpaired) electrons. The number of benzene rings is 1. The van der Waals surface area contributed by atoms with Gasteiger partial charge in [0.15, 0.2) is 17.3 Å². The summed E-state index contributed by atoms with van der Waals surface area (Å²) >= 11 is 0. The van der Waals surface area contributed by atoms with E-state index < -0.39 is 0 Å². The fourth-order valence-electron chi connectivity index (χ4n) is 5.72. The number of aromatic nitrogens is 1. The molecule has 35 heavy (non-hydrogen) atoms. The first-order valence-electron chi connectivity index (χ1n) is 13.3. The molecule has 2 atom stereocenters. The lowest BCUT2D eigenvalue weighted by Crippen LogP contribution is -2.28. The number of aromatic amines is 1. The van der Waals surface area contributed by atoms with Crippen LogP contribution in [0.3, 0.4) is 0 Å². The fraction of sp³-hybridized carbons (Fsp3) is 0.586. The van der Waals surface area contributed by atoms with E-state index in [0.717, 1.165) is 61.9 Å². The summed E-state index contributed by atoms with van der Waals surface area (Å²) < 4.78 is 10.8. The van der Waals surface area contributed by atoms with Gasteiger partial charge >= 0.3 is 0 Å². The molecule has 2 N–H and O–H groups in total. The molecule has 0 saturated carbocycles. The van der Waals surface area contributed by atoms with Crippen molar-refractivity contribution in [1.29, 1.82) is 0 Å². The number of carbonyl (C=O) groups is 1. The van der Waals surface area contributed by atoms with Crippen LogP contribution in [-0.4, -0.2) is 31.5 Å². The van der Waals surface area contributed by atoms with Gasteiger partial charge in [-0.15, -0.1) is 0 Å². The molecule has 0 bridgehead atoms. The summed E-state index contributed by atoms with van der Waals surface area (Å²) in [7, 11) is 3.24. The molecular formula is C29H40N2O4. The zero-order chi connectivity index (χ0) is 24.6. The van der Waals surface area contributed by atoms with E-state index in [1.807, 2.05) is 18.2 Å². The van der Waals surface area contributed by atoms with Crippen molar-refractivity contribution in [3.8, 4) is 11.5 Å². The SMILES string of the molecule is COc1cc2c(cc1OC)C(=O)C(CCCCCCCCCN[C@H]1CCCc3[nH]c(=O)ccc31)C2. The Balaban J connectivity index is 1.06. The number of hydrogen-bond donors (Lipinski definition) is 2. The number of Topliss-reactive ketones (excluding diaryl/α,β-unsaturated/α-hetero) is 1. The van der Waals surface area contributed by atoms with E-state index in [0.29, 0.717) is 17.5 Å². The van der Waals surface area contributed by atoms with Crippen LogP contribution in [-0.2, 0) is 12.8 Å². The van der Waals surface area contributed by atoms with Gasteiger partial charge in [-0.3, -0.25) is 9.59 Å². The lowest BCUT2D eigenvalue weighted by Gasteiger charge is -2.26. The zero-order valence-corrected chi connectivity index (χ0v) is 21.3. The maximum absolute atomic E-state index is 12.8. The number of carbonyl (C=O) groups excluding carboxylic acids is 1. The number of methoxy groups -OCH3 is 2. The second-order valence-electron chi connectivity index (χ2n) is 10.0. The highest BCUT2D eigenvalue weighted by Gasteiger charge is 2.31. The molecule has 2 aliphatic carbocycles. The minimum absolute atomic E-state index is 0.00525. The van der Waals surface area contributed by atoms with Crippen LogP contribution in [0.1, 0.15) is 97.4 Å². The molecule has 0 amide bonds. The lowest BCUT2D eigenvalue weighted by atomic mass is 9.91. The molecule has 6 heteroatoms. The van der Waals surface area contributed by atoms with E-state index in [1.54, 1.807) is 20.3 Å². The Kier molecular flexibility index (Phi) is 9.02. The monoisotopic (exact) mass is 480 g/mol. The first-order valence-corrected chi connectivity index (χ1v) is 13.3. The van der Waals surface area contributed by atoms with Crippen LogP contribution >= 0.6 is 0 Å². The van der Waals surface area contributed by atoms with Gasteiger partial charge in [-0.2, -0.15) is 0 Å². The van der Waals surface area contributed by atoms with Crippen LogP contribution in [0.2, 0.25) is 0 Å². The van der Waals surface area contributed by atoms with Gasteiger partial charge < -0.3 is 19.8 Å². The predicted octanol–water partition coefficient (Wildman–Crippen LogP) is 5.54. The number of fused-ring (bicyclic) bond motifs is 2. The fourth-order valence-corrected chi connectivity index (χ4v) is 5.72. The summed E-state index contributed by atoms with van der Waals surface area (Å²) in [5.41, 5.74) is 4.30. The van der Waals surface area contributed by atoms with E-state index in [4.69, 9.17) is 9.47 Å². The molecule has 1 aromatic carbocycles. The Labute approximate surface area is 208 Å². The van der Waals surface area contributed by atoms with Gasteiger partial charge in [-0.25, -0.2) is 0 Å². The second-order valence-corrected chi connectivity index (χ2v) is 10.0. The highest BCUT2D eigenvalue weighted by Crippen LogP contribution is 2.38. The second kappa shape index (κ2) is 12.4. The van der Waals surface area contributed by atoms with Crippen LogP contribution in [0.4, 0.5) is 0 Å². The zero-order valence-electron chi connectivity index (χ0n) is 21.3. The van der Waals surface area contributed by atoms with Crippen molar-refractivity contribution in [2.24, 2.45) is 5.92 Å². The molecule has 1 unspecified atom stereocenters. The molecule has 2 aliphatic rings. The highest BCUT2D eigenvalue weighted by molar-refractivity contribution is 6.02. The first-order chi connectivity index (χ1) is 17.1. The number of pyridine rings is 1. The highest BCUT2D eigenvalue weighted by atomic mass is 16.5. The Morgan fingerprint density at radius 2 is 1.66 bits per heavy atom. The normalized spacial score (nSPS) is 18.9. The van der Waals surface area contributed by atoms with Crippen molar-refractivity contribution >= 4 is 5.78 Å². The Bertz CT molecular complexity index is 1060. The first kappa shape index (κ1) is 25.5. The molecule has 0 spiro atoms. The van der Waals surface area contributed by atoms with E-state index in [1.165, 1.54) is 44.1 Å². The van der Waals surface area contributed by atoms with E-state index in [-0.39, 0.29) is 17.3 Å². The van der Waals surface area contributed by atoms with Gasteiger partial charge in [-0.1, -0.05) is 44.6 Å². The minimum atomic E-state index is 0.00525. The van der Waals surface area contributed by atoms with Crippen molar-refractivity contribution < 1.29 is 14.3 Å². The molecule has 6 nitrogen and oxygen atoms in total. The molecular weight excluding hydrogens is 440 g/mol. The summed E-state index contributed by atoms with van der Waals surface area (Å²) in [6.45, 7) is 1.03. The Morgan fingerprint density at radius 3 is 2.43 bits per heavy atom. The third-order valence-corrected chi connectivity index (χ3v) is 7.66. The van der Waals surface area contributed by atoms with Crippen molar-refractivity contribution in [2.45, 2.75) is 83.1 Å². The standard InChI is InChI=1S/C29H40N2O4/c1-34-26-18-21-17-20(29(33)23(21)19-27(26)35-2)11-8-6-4-3-5-7-9-16-30-24-12-10-13-25-22(24)14-15-28(32)31-25/h14-15,18-20,24,30H,3-13,16-17H2,1-2H3,(H,31,32)/t20?,24-/m0/s1. The minimum Gasteiger partial charge on any atom is -0.493 e. The van der Waals surface area contributed by atoms with Gasteiger partial charge in [0.05, 0.1) is 14.2 Å². The molecule has 0 saturated heterocycles. The van der Waals surface area contributed by atoms with Crippen LogP contribution < -0.4 is 20.3 Å². The predicted molar refractivity (Wildman–Crippen MR) is 139 cm³/mol. The molecule has 0 aliphatic heterocycles. The average molecular weight is 481 g/mol. The maximum Gasteiger partial charge on any atom is 0.248 e. The van der Waals surface area contributed by atoms with Gasteiger partial charge in [0.2, 0.25) is 5.56 Å². The molecule has 2 aromatic rings. The van der Waals surface area contributed by atoms with Gasteiger partial charge in [0.25, 0.3) is 0 Å². The van der Waals surface area contributed by atoms with Crippen molar-refractivity contribution in [3.63, 3.8) is 0 Å². The summed E-state index contributed by atoms with van der Waals surface area (Å²) in [5, 5.41) is 3.70. The average Bonchev–Trinajstić information content (AvgIpc) is 3.18. The van der Waals surface area contributed by atoms with Crippen molar-refractivity contribution in [3.05, 3.63) is 57.0 Å². The summed E-state index contributed by atoms with van der Waals surface area (Å²) in [4.78, 5) is 27.4. The Morgan fingerprint density at radius 1 is 0.943 bits per heavy atom. The van der Waals surface area contributed by atoms with Crippen LogP contribution in [0, 0.1) is 5.92 Å². The van der Waals surface area contributed by atoms with E-state index in [9.17, 15) is 9.59 Å². The number of ketones is 1. The number of hydrogen-bond acceptors (Lipinski definition) is 5. The van der Waals surface area contributed by atoms with Crippen LogP contribution in [0.15, 0.2) is 29.1 Å². The smallest absolute Gasteiger partial charge is 0.248 e. The quantitative estimate of drug-likeness (QED) is 0.368. The molecule has 0 fully saturated rings. The molecule has 190 valence electrons. The Hall–Kier alpha value is -2.60. The van der Waals surface area contributed by atoms with Crippen LogP contribution in [0.5, 0.6) is 11.5 Å². The van der Waals surface area contributed by atoms with Crippen molar-refractivity contribution in [1.82, 2.24) is 10.3 Å². The number of rotatable bonds is 13. The number of ether oxygens (including phenoxy) is 2.